The van der Waals surface area contributed by atoms with Crippen LogP contribution in [-0.2, 0) is 0 Å². The van der Waals surface area contributed by atoms with E-state index < -0.39 is 5.97 Å². The number of carbonyl (C=O) groups is 1. The number of hydrogen-bond acceptors (Lipinski definition) is 4. The van der Waals surface area contributed by atoms with Crippen LogP contribution in [0.3, 0.4) is 0 Å². The zero-order valence-corrected chi connectivity index (χ0v) is 7.95. The molecule has 0 aliphatic heterocycles. The number of carboxylic acid groups (broad SMARTS) is 1. The topological polar surface area (TPSA) is 53.0 Å². The van der Waals surface area contributed by atoms with Crippen LogP contribution in [0.5, 0.6) is 0 Å². The molecule has 14 heavy (non-hydrogen) atoms. The molecule has 1 heterocycles. The van der Waals surface area contributed by atoms with Crippen molar-refractivity contribution in [2.75, 3.05) is 0 Å². The molecule has 70 valence electrons. The Bertz CT molecular complexity index is 450. The molecular formula is C10H6NO2S-. The van der Waals surface area contributed by atoms with Crippen LogP contribution in [0.25, 0.3) is 10.4 Å². The fourth-order valence-corrected chi connectivity index (χ4v) is 1.86. The Kier molecular flexibility index (Phi) is 2.28. The minimum Gasteiger partial charge on any atom is -0.542 e. The molecule has 0 radical (unpaired) electrons. The van der Waals surface area contributed by atoms with E-state index in [1.54, 1.807) is 6.20 Å². The van der Waals surface area contributed by atoms with Crippen molar-refractivity contribution in [3.8, 4) is 10.4 Å². The predicted octanol–water partition coefficient (Wildman–Crippen LogP) is 1.17. The Morgan fingerprint density at radius 1 is 1.29 bits per heavy atom. The third-order valence-electron chi connectivity index (χ3n) is 1.74. The predicted molar refractivity (Wildman–Crippen MR) is 51.9 cm³/mol. The molecule has 0 atom stereocenters. The summed E-state index contributed by atoms with van der Waals surface area (Å²) in [6, 6.07) is 9.52. The second-order valence-corrected chi connectivity index (χ2v) is 3.71. The minimum absolute atomic E-state index is 0.0175. The number of carboxylic acids is 1. The molecule has 0 aliphatic carbocycles. The molecule has 3 nitrogen and oxygen atoms in total. The average Bonchev–Trinajstić information content (AvgIpc) is 2.68. The number of rotatable bonds is 2. The van der Waals surface area contributed by atoms with Gasteiger partial charge in [-0.05, 0) is 5.56 Å². The smallest absolute Gasteiger partial charge is 0.139 e. The highest BCUT2D eigenvalue weighted by Gasteiger charge is 2.03. The van der Waals surface area contributed by atoms with Gasteiger partial charge in [-0.3, -0.25) is 0 Å². The molecule has 4 heteroatoms. The highest BCUT2D eigenvalue weighted by molar-refractivity contribution is 7.16. The molecule has 0 unspecified atom stereocenters. The summed E-state index contributed by atoms with van der Waals surface area (Å²) in [5.74, 6) is -1.22. The van der Waals surface area contributed by atoms with E-state index in [2.05, 4.69) is 4.98 Å². The van der Waals surface area contributed by atoms with Crippen molar-refractivity contribution in [3.63, 3.8) is 0 Å². The van der Waals surface area contributed by atoms with Crippen LogP contribution in [0.2, 0.25) is 0 Å². The molecular weight excluding hydrogens is 198 g/mol. The van der Waals surface area contributed by atoms with E-state index in [9.17, 15) is 9.90 Å². The summed E-state index contributed by atoms with van der Waals surface area (Å²) in [4.78, 5) is 15.1. The molecule has 1 aromatic carbocycles. The second kappa shape index (κ2) is 3.59. The van der Waals surface area contributed by atoms with E-state index in [0.29, 0.717) is 0 Å². The van der Waals surface area contributed by atoms with Crippen molar-refractivity contribution in [1.82, 2.24) is 4.98 Å². The Balaban J connectivity index is 2.39. The van der Waals surface area contributed by atoms with E-state index in [0.717, 1.165) is 21.8 Å². The molecule has 0 N–H and O–H groups in total. The lowest BCUT2D eigenvalue weighted by molar-refractivity contribution is -0.255. The summed E-state index contributed by atoms with van der Waals surface area (Å²) >= 11 is 1.12. The lowest BCUT2D eigenvalue weighted by Crippen LogP contribution is -2.21. The maximum Gasteiger partial charge on any atom is 0.139 e. The molecule has 2 aromatic rings. The summed E-state index contributed by atoms with van der Waals surface area (Å²) in [6.45, 7) is 0. The fraction of sp³-hybridized carbons (Fsp3) is 0. The van der Waals surface area contributed by atoms with Crippen molar-refractivity contribution in [1.29, 1.82) is 0 Å². The standard InChI is InChI=1S/C10H7NO2S/c12-10(13)9-11-6-8(14-9)7-4-2-1-3-5-7/h1-6H,(H,12,13)/p-1. The van der Waals surface area contributed by atoms with Crippen LogP contribution in [0, 0.1) is 0 Å². The van der Waals surface area contributed by atoms with Crippen LogP contribution in [0.1, 0.15) is 9.80 Å². The maximum absolute atomic E-state index is 10.5. The summed E-state index contributed by atoms with van der Waals surface area (Å²) in [7, 11) is 0. The lowest BCUT2D eigenvalue weighted by Gasteiger charge is -1.94. The first-order chi connectivity index (χ1) is 6.77. The van der Waals surface area contributed by atoms with Crippen molar-refractivity contribution in [3.05, 3.63) is 41.5 Å². The van der Waals surface area contributed by atoms with Gasteiger partial charge >= 0.3 is 0 Å². The summed E-state index contributed by atoms with van der Waals surface area (Å²) < 4.78 is 0. The van der Waals surface area contributed by atoms with Crippen molar-refractivity contribution < 1.29 is 9.90 Å². The van der Waals surface area contributed by atoms with Crippen LogP contribution < -0.4 is 5.11 Å². The van der Waals surface area contributed by atoms with Gasteiger partial charge in [0.2, 0.25) is 0 Å². The Labute approximate surface area is 84.7 Å². The molecule has 0 saturated carbocycles. The second-order valence-electron chi connectivity index (χ2n) is 2.68. The van der Waals surface area contributed by atoms with Gasteiger partial charge in [-0.15, -0.1) is 11.3 Å². The van der Waals surface area contributed by atoms with Gasteiger partial charge in [-0.2, -0.15) is 0 Å². The van der Waals surface area contributed by atoms with Crippen molar-refractivity contribution in [2.24, 2.45) is 0 Å². The molecule has 0 aliphatic rings. The normalized spacial score (nSPS) is 10.0. The van der Waals surface area contributed by atoms with Crippen LogP contribution in [-0.4, -0.2) is 11.0 Å². The van der Waals surface area contributed by atoms with Gasteiger partial charge in [0.25, 0.3) is 0 Å². The van der Waals surface area contributed by atoms with E-state index in [1.807, 2.05) is 30.3 Å². The van der Waals surface area contributed by atoms with E-state index >= 15 is 0 Å². The van der Waals surface area contributed by atoms with Crippen LogP contribution in [0.15, 0.2) is 36.5 Å². The Morgan fingerprint density at radius 2 is 2.00 bits per heavy atom. The van der Waals surface area contributed by atoms with Gasteiger partial charge in [0.05, 0.1) is 4.88 Å². The number of carbonyl (C=O) groups excluding carboxylic acids is 1. The first kappa shape index (κ1) is 8.90. The quantitative estimate of drug-likeness (QED) is 0.738. The number of aromatic carboxylic acids is 1. The third-order valence-corrected chi connectivity index (χ3v) is 2.77. The van der Waals surface area contributed by atoms with Gasteiger partial charge in [0, 0.05) is 6.20 Å². The number of hydrogen-bond donors (Lipinski definition) is 0. The highest BCUT2D eigenvalue weighted by Crippen LogP contribution is 2.25. The van der Waals surface area contributed by atoms with Gasteiger partial charge < -0.3 is 9.90 Å². The first-order valence-corrected chi connectivity index (χ1v) is 4.81. The molecule has 0 bridgehead atoms. The maximum atomic E-state index is 10.5. The first-order valence-electron chi connectivity index (χ1n) is 4.00. The van der Waals surface area contributed by atoms with Gasteiger partial charge in [0.1, 0.15) is 11.0 Å². The highest BCUT2D eigenvalue weighted by atomic mass is 32.1. The summed E-state index contributed by atoms with van der Waals surface area (Å²) in [5.41, 5.74) is 0.970. The van der Waals surface area contributed by atoms with Crippen LogP contribution >= 0.6 is 11.3 Å². The Morgan fingerprint density at radius 3 is 2.57 bits per heavy atom. The van der Waals surface area contributed by atoms with Gasteiger partial charge in [-0.1, -0.05) is 30.3 Å². The number of aromatic nitrogens is 1. The fourth-order valence-electron chi connectivity index (χ4n) is 1.10. The largest absolute Gasteiger partial charge is 0.542 e. The Hall–Kier alpha value is -1.68. The molecule has 0 saturated heterocycles. The third kappa shape index (κ3) is 1.65. The van der Waals surface area contributed by atoms with E-state index in [4.69, 9.17) is 0 Å². The minimum atomic E-state index is -1.22. The number of benzene rings is 1. The zero-order chi connectivity index (χ0) is 9.97. The molecule has 2 rings (SSSR count). The molecule has 0 spiro atoms. The average molecular weight is 204 g/mol. The zero-order valence-electron chi connectivity index (χ0n) is 7.14. The van der Waals surface area contributed by atoms with Crippen molar-refractivity contribution in [2.45, 2.75) is 0 Å². The van der Waals surface area contributed by atoms with Crippen LogP contribution in [0.4, 0.5) is 0 Å². The number of thiazole rings is 1. The molecule has 0 amide bonds. The van der Waals surface area contributed by atoms with Crippen molar-refractivity contribution >= 4 is 17.3 Å². The molecule has 0 fully saturated rings. The van der Waals surface area contributed by atoms with E-state index in [-0.39, 0.29) is 5.01 Å². The van der Waals surface area contributed by atoms with Gasteiger partial charge in [-0.25, -0.2) is 4.98 Å². The lowest BCUT2D eigenvalue weighted by atomic mass is 10.2. The van der Waals surface area contributed by atoms with E-state index in [1.165, 1.54) is 0 Å². The number of nitrogens with zero attached hydrogens (tertiary/aromatic N) is 1. The SMILES string of the molecule is O=C([O-])c1ncc(-c2ccccc2)s1. The van der Waals surface area contributed by atoms with Gasteiger partial charge in [0.15, 0.2) is 0 Å². The molecule has 1 aromatic heterocycles. The monoisotopic (exact) mass is 204 g/mol. The summed E-state index contributed by atoms with van der Waals surface area (Å²) in [5, 5.41) is 10.5. The summed E-state index contributed by atoms with van der Waals surface area (Å²) in [6.07, 6.45) is 1.55.